The molecule has 17 atom stereocenters. The maximum atomic E-state index is 12.5. The van der Waals surface area contributed by atoms with Gasteiger partial charge in [0.2, 0.25) is 0 Å². The molecule has 1 saturated heterocycles. The zero-order valence-corrected chi connectivity index (χ0v) is 28.8. The molecular formula is C33H56O13S. The molecule has 4 aliphatic carbocycles. The molecule has 5 fully saturated rings. The Balaban J connectivity index is 1.31. The van der Waals surface area contributed by atoms with Crippen molar-refractivity contribution in [3.05, 3.63) is 12.2 Å². The Hall–Kier alpha value is -0.750. The Bertz CT molecular complexity index is 1250. The summed E-state index contributed by atoms with van der Waals surface area (Å²) in [5.74, 6) is -0.798. The Morgan fingerprint density at radius 2 is 1.55 bits per heavy atom. The third kappa shape index (κ3) is 6.84. The van der Waals surface area contributed by atoms with Gasteiger partial charge in [-0.25, -0.2) is 4.18 Å². The minimum Gasteiger partial charge on any atom is -0.393 e. The average Bonchev–Trinajstić information content (AvgIpc) is 3.25. The summed E-state index contributed by atoms with van der Waals surface area (Å²) in [7, 11) is -4.84. The van der Waals surface area contributed by atoms with E-state index in [-0.39, 0.29) is 41.4 Å². The molecular weight excluding hydrogens is 636 g/mol. The van der Waals surface area contributed by atoms with Gasteiger partial charge in [-0.05, 0) is 78.9 Å². The number of fused-ring (bicyclic) bond motifs is 5. The molecule has 5 aliphatic rings. The van der Waals surface area contributed by atoms with Gasteiger partial charge in [0, 0.05) is 12.3 Å². The van der Waals surface area contributed by atoms with Gasteiger partial charge in [-0.15, -0.1) is 0 Å². The quantitative estimate of drug-likeness (QED) is 0.125. The Morgan fingerprint density at radius 3 is 2.19 bits per heavy atom. The second kappa shape index (κ2) is 13.4. The molecule has 0 aromatic rings. The fourth-order valence-electron chi connectivity index (χ4n) is 10.7. The monoisotopic (exact) mass is 692 g/mol. The summed E-state index contributed by atoms with van der Waals surface area (Å²) in [4.78, 5) is 0. The fraction of sp³-hybridized carbons (Fsp3) is 0.939. The van der Waals surface area contributed by atoms with Crippen LogP contribution in [0.25, 0.3) is 0 Å². The maximum Gasteiger partial charge on any atom is 0.397 e. The first-order chi connectivity index (χ1) is 21.7. The van der Waals surface area contributed by atoms with E-state index in [0.29, 0.717) is 19.3 Å². The molecule has 1 heterocycles. The molecule has 272 valence electrons. The number of rotatable bonds is 9. The van der Waals surface area contributed by atoms with Gasteiger partial charge >= 0.3 is 10.4 Å². The fourth-order valence-corrected chi connectivity index (χ4v) is 11.0. The lowest BCUT2D eigenvalue weighted by Crippen LogP contribution is -2.68. The van der Waals surface area contributed by atoms with Gasteiger partial charge in [0.15, 0.2) is 6.29 Å². The molecule has 1 aliphatic heterocycles. The normalized spacial score (nSPS) is 50.2. The van der Waals surface area contributed by atoms with E-state index in [1.807, 2.05) is 26.0 Å². The number of hydrogen-bond donors (Lipinski definition) is 8. The van der Waals surface area contributed by atoms with E-state index in [1.54, 1.807) is 0 Å². The van der Waals surface area contributed by atoms with Crippen molar-refractivity contribution in [3.63, 3.8) is 0 Å². The standard InChI is InChI=1S/C33H56O13S/c1-16(2)23(45-30-28(39)27(38)26(37)24(46-30)15-44-47(41,42)43)7-6-17(3)19-13-21(35)29-32(19,5)11-9-25-31(4)10-8-18(34)12-20(31)22(36)14-33(25,29)40/h6-7,16-30,34-40H,8-15H2,1-5H3,(H,41,42,43). The summed E-state index contributed by atoms with van der Waals surface area (Å²) in [6.45, 7) is 9.32. The molecule has 47 heavy (non-hydrogen) atoms. The van der Waals surface area contributed by atoms with Crippen molar-refractivity contribution in [1.82, 2.24) is 0 Å². The summed E-state index contributed by atoms with van der Waals surface area (Å²) in [5, 5.41) is 77.1. The second-order valence-corrected chi connectivity index (χ2v) is 17.2. The Kier molecular flexibility index (Phi) is 10.7. The van der Waals surface area contributed by atoms with E-state index in [1.165, 1.54) is 0 Å². The van der Waals surface area contributed by atoms with Crippen molar-refractivity contribution >= 4 is 10.4 Å². The minimum absolute atomic E-state index is 0.00263. The van der Waals surface area contributed by atoms with Crippen molar-refractivity contribution in [2.75, 3.05) is 6.61 Å². The summed E-state index contributed by atoms with van der Waals surface area (Å²) < 4.78 is 46.9. The van der Waals surface area contributed by atoms with Crippen molar-refractivity contribution in [1.29, 1.82) is 0 Å². The highest BCUT2D eigenvalue weighted by molar-refractivity contribution is 7.80. The summed E-state index contributed by atoms with van der Waals surface area (Å²) in [5.41, 5.74) is -1.98. The number of allylic oxidation sites excluding steroid dienone is 1. The van der Waals surface area contributed by atoms with E-state index in [9.17, 15) is 44.2 Å². The molecule has 14 heteroatoms. The lowest BCUT2D eigenvalue weighted by atomic mass is 9.42. The van der Waals surface area contributed by atoms with Crippen LogP contribution in [0.15, 0.2) is 12.2 Å². The SMILES string of the molecule is CC(C)C(C=CC(C)C1CC(O)C2C1(C)CCC1C3(C)CCC(O)CC3C(O)CC12O)OC1OC(COS(=O)(=O)O)C(O)C(O)C1O. The summed E-state index contributed by atoms with van der Waals surface area (Å²) in [6, 6.07) is 0. The largest absolute Gasteiger partial charge is 0.397 e. The van der Waals surface area contributed by atoms with Crippen LogP contribution < -0.4 is 0 Å². The number of hydrogen-bond acceptors (Lipinski definition) is 12. The third-order valence-electron chi connectivity index (χ3n) is 13.0. The van der Waals surface area contributed by atoms with E-state index in [2.05, 4.69) is 25.0 Å². The lowest BCUT2D eigenvalue weighted by molar-refractivity contribution is -0.309. The molecule has 13 nitrogen and oxygen atoms in total. The molecule has 5 rings (SSSR count). The van der Waals surface area contributed by atoms with Crippen molar-refractivity contribution in [2.24, 2.45) is 46.3 Å². The Morgan fingerprint density at radius 1 is 0.894 bits per heavy atom. The predicted molar refractivity (Wildman–Crippen MR) is 168 cm³/mol. The molecule has 0 amide bonds. The molecule has 0 aromatic carbocycles. The average molecular weight is 693 g/mol. The van der Waals surface area contributed by atoms with Crippen LogP contribution in [0.4, 0.5) is 0 Å². The van der Waals surface area contributed by atoms with Gasteiger partial charge in [0.1, 0.15) is 24.4 Å². The van der Waals surface area contributed by atoms with Crippen LogP contribution in [0, 0.1) is 46.3 Å². The van der Waals surface area contributed by atoms with E-state index in [0.717, 1.165) is 19.3 Å². The van der Waals surface area contributed by atoms with Gasteiger partial charge in [-0.3, -0.25) is 4.55 Å². The van der Waals surface area contributed by atoms with Crippen molar-refractivity contribution < 1.29 is 62.4 Å². The molecule has 0 bridgehead atoms. The van der Waals surface area contributed by atoms with Gasteiger partial charge in [0.25, 0.3) is 0 Å². The number of aliphatic hydroxyl groups is 7. The highest BCUT2D eigenvalue weighted by Crippen LogP contribution is 2.69. The smallest absolute Gasteiger partial charge is 0.393 e. The summed E-state index contributed by atoms with van der Waals surface area (Å²) in [6.07, 6.45) is -2.58. The molecule has 0 spiro atoms. The predicted octanol–water partition coefficient (Wildman–Crippen LogP) is 0.923. The van der Waals surface area contributed by atoms with Crippen LogP contribution in [-0.4, -0.2) is 116 Å². The highest BCUT2D eigenvalue weighted by Gasteiger charge is 2.70. The van der Waals surface area contributed by atoms with Gasteiger partial charge in [0.05, 0.1) is 36.6 Å². The zero-order valence-electron chi connectivity index (χ0n) is 28.0. The summed E-state index contributed by atoms with van der Waals surface area (Å²) >= 11 is 0. The molecule has 17 unspecified atom stereocenters. The van der Waals surface area contributed by atoms with E-state index in [4.69, 9.17) is 14.0 Å². The van der Waals surface area contributed by atoms with Crippen LogP contribution in [0.2, 0.25) is 0 Å². The highest BCUT2D eigenvalue weighted by atomic mass is 32.3. The first-order valence-electron chi connectivity index (χ1n) is 17.1. The number of ether oxygens (including phenoxy) is 2. The van der Waals surface area contributed by atoms with Crippen LogP contribution >= 0.6 is 0 Å². The van der Waals surface area contributed by atoms with E-state index < -0.39 is 89.1 Å². The topological polar surface area (TPSA) is 224 Å². The van der Waals surface area contributed by atoms with Crippen molar-refractivity contribution in [3.8, 4) is 0 Å². The number of aliphatic hydroxyl groups excluding tert-OH is 6. The van der Waals surface area contributed by atoms with Gasteiger partial charge in [-0.2, -0.15) is 8.42 Å². The molecule has 4 saturated carbocycles. The van der Waals surface area contributed by atoms with Crippen LogP contribution in [0.3, 0.4) is 0 Å². The van der Waals surface area contributed by atoms with Crippen LogP contribution in [0.1, 0.15) is 79.6 Å². The van der Waals surface area contributed by atoms with Gasteiger partial charge in [-0.1, -0.05) is 46.8 Å². The Labute approximate surface area is 277 Å². The van der Waals surface area contributed by atoms with Crippen LogP contribution in [-0.2, 0) is 24.1 Å². The van der Waals surface area contributed by atoms with E-state index >= 15 is 0 Å². The molecule has 0 radical (unpaired) electrons. The zero-order chi connectivity index (χ0) is 34.9. The first-order valence-corrected chi connectivity index (χ1v) is 18.5. The first kappa shape index (κ1) is 37.5. The molecule has 0 aromatic heterocycles. The second-order valence-electron chi connectivity index (χ2n) is 16.1. The van der Waals surface area contributed by atoms with Gasteiger partial charge < -0.3 is 45.2 Å². The lowest BCUT2D eigenvalue weighted by Gasteiger charge is -2.66. The van der Waals surface area contributed by atoms with Crippen molar-refractivity contribution in [2.45, 2.75) is 140 Å². The maximum absolute atomic E-state index is 12.5. The van der Waals surface area contributed by atoms with Crippen LogP contribution in [0.5, 0.6) is 0 Å². The third-order valence-corrected chi connectivity index (χ3v) is 13.4. The minimum atomic E-state index is -4.84. The molecule has 8 N–H and O–H groups in total.